The van der Waals surface area contributed by atoms with Crippen LogP contribution in [0.25, 0.3) is 21.8 Å². The van der Waals surface area contributed by atoms with Gasteiger partial charge in [0, 0.05) is 29.3 Å². The summed E-state index contributed by atoms with van der Waals surface area (Å²) in [6.45, 7) is 0.448. The van der Waals surface area contributed by atoms with E-state index in [4.69, 9.17) is 11.6 Å². The van der Waals surface area contributed by atoms with E-state index in [-0.39, 0.29) is 5.69 Å². The zero-order valence-electron chi connectivity index (χ0n) is 12.8. The topological polar surface area (TPSA) is 104 Å². The second-order valence-corrected chi connectivity index (χ2v) is 5.90. The van der Waals surface area contributed by atoms with Crippen molar-refractivity contribution in [3.8, 4) is 0 Å². The number of nitrogens with zero attached hydrogens (tertiary/aromatic N) is 3. The van der Waals surface area contributed by atoms with Crippen molar-refractivity contribution in [2.75, 3.05) is 5.32 Å². The van der Waals surface area contributed by atoms with Crippen LogP contribution in [0.3, 0.4) is 0 Å². The second kappa shape index (κ2) is 6.03. The molecule has 0 bridgehead atoms. The molecular weight excluding hydrogens is 342 g/mol. The lowest BCUT2D eigenvalue weighted by Gasteiger charge is -2.09. The van der Waals surface area contributed by atoms with E-state index in [0.29, 0.717) is 39.2 Å². The molecule has 0 radical (unpaired) electrons. The number of aromatic carboxylic acids is 1. The zero-order chi connectivity index (χ0) is 17.4. The van der Waals surface area contributed by atoms with Crippen LogP contribution in [0.15, 0.2) is 42.7 Å². The lowest BCUT2D eigenvalue weighted by atomic mass is 10.1. The van der Waals surface area contributed by atoms with Crippen LogP contribution in [0.2, 0.25) is 5.02 Å². The summed E-state index contributed by atoms with van der Waals surface area (Å²) >= 11 is 6.01. The number of carbonyl (C=O) groups is 1. The molecule has 0 saturated heterocycles. The Labute approximate surface area is 146 Å². The van der Waals surface area contributed by atoms with E-state index in [2.05, 4.69) is 25.5 Å². The van der Waals surface area contributed by atoms with Gasteiger partial charge in [-0.25, -0.2) is 9.78 Å². The Bertz CT molecular complexity index is 1110. The molecule has 3 heterocycles. The number of carboxylic acid groups (broad SMARTS) is 1. The fraction of sp³-hybridized carbons (Fsp3) is 0.0588. The zero-order valence-corrected chi connectivity index (χ0v) is 13.6. The van der Waals surface area contributed by atoms with Gasteiger partial charge in [-0.3, -0.25) is 10.1 Å². The predicted octanol–water partition coefficient (Wildman–Crippen LogP) is 3.47. The van der Waals surface area contributed by atoms with Crippen molar-refractivity contribution in [1.29, 1.82) is 0 Å². The Morgan fingerprint density at radius 1 is 1.32 bits per heavy atom. The van der Waals surface area contributed by atoms with Crippen LogP contribution < -0.4 is 5.32 Å². The number of benzene rings is 1. The highest BCUT2D eigenvalue weighted by atomic mass is 35.5. The van der Waals surface area contributed by atoms with Gasteiger partial charge in [0.15, 0.2) is 5.69 Å². The van der Waals surface area contributed by atoms with E-state index in [1.54, 1.807) is 24.5 Å². The summed E-state index contributed by atoms with van der Waals surface area (Å²) in [7, 11) is 0. The fourth-order valence-corrected chi connectivity index (χ4v) is 2.94. The summed E-state index contributed by atoms with van der Waals surface area (Å²) in [6, 6.07) is 9.17. The minimum Gasteiger partial charge on any atom is -0.477 e. The standard InChI is InChI=1S/C17H12ClN5O2/c18-10-3-1-2-9(6-10)7-20-16-13-14(22-23-15(13)17(24)25)11-8-19-5-4-12(11)21-16/h1-6,8H,7H2,(H,20,21)(H,22,23)(H,24,25). The lowest BCUT2D eigenvalue weighted by Crippen LogP contribution is -2.05. The van der Waals surface area contributed by atoms with Crippen molar-refractivity contribution in [2.24, 2.45) is 0 Å². The fourth-order valence-electron chi connectivity index (χ4n) is 2.73. The number of fused-ring (bicyclic) bond motifs is 3. The molecule has 0 aliphatic carbocycles. The minimum atomic E-state index is -1.10. The first-order valence-electron chi connectivity index (χ1n) is 7.47. The SMILES string of the molecule is O=C(O)c1[nH]nc2c1c(NCc1cccc(Cl)c1)nc1ccncc12. The highest BCUT2D eigenvalue weighted by molar-refractivity contribution is 6.30. The highest BCUT2D eigenvalue weighted by Gasteiger charge is 2.19. The first-order valence-corrected chi connectivity index (χ1v) is 7.84. The predicted molar refractivity (Wildman–Crippen MR) is 94.9 cm³/mol. The minimum absolute atomic E-state index is 0.0122. The number of anilines is 1. The number of halogens is 1. The van der Waals surface area contributed by atoms with E-state index in [0.717, 1.165) is 5.56 Å². The van der Waals surface area contributed by atoms with E-state index in [1.165, 1.54) is 0 Å². The average Bonchev–Trinajstić information content (AvgIpc) is 3.05. The van der Waals surface area contributed by atoms with Crippen molar-refractivity contribution in [1.82, 2.24) is 20.2 Å². The number of pyridine rings is 2. The van der Waals surface area contributed by atoms with E-state index < -0.39 is 5.97 Å². The number of carboxylic acids is 1. The van der Waals surface area contributed by atoms with Gasteiger partial charge in [0.1, 0.15) is 11.3 Å². The summed E-state index contributed by atoms with van der Waals surface area (Å²) in [5, 5.41) is 21.1. The van der Waals surface area contributed by atoms with E-state index in [9.17, 15) is 9.90 Å². The van der Waals surface area contributed by atoms with Crippen LogP contribution >= 0.6 is 11.6 Å². The quantitative estimate of drug-likeness (QED) is 0.519. The Hall–Kier alpha value is -3.19. The van der Waals surface area contributed by atoms with Crippen LogP contribution in [0.1, 0.15) is 16.1 Å². The molecule has 124 valence electrons. The monoisotopic (exact) mass is 353 g/mol. The van der Waals surface area contributed by atoms with Crippen molar-refractivity contribution in [3.05, 3.63) is 59.0 Å². The third kappa shape index (κ3) is 2.74. The Kier molecular flexibility index (Phi) is 3.70. The van der Waals surface area contributed by atoms with Crippen molar-refractivity contribution >= 4 is 45.2 Å². The van der Waals surface area contributed by atoms with Gasteiger partial charge in [0.2, 0.25) is 0 Å². The maximum atomic E-state index is 11.5. The Balaban J connectivity index is 1.85. The number of aromatic nitrogens is 4. The second-order valence-electron chi connectivity index (χ2n) is 5.46. The van der Waals surface area contributed by atoms with Crippen LogP contribution in [0.5, 0.6) is 0 Å². The van der Waals surface area contributed by atoms with Crippen LogP contribution in [0, 0.1) is 0 Å². The number of hydrogen-bond acceptors (Lipinski definition) is 5. The molecule has 0 spiro atoms. The Morgan fingerprint density at radius 2 is 2.20 bits per heavy atom. The van der Waals surface area contributed by atoms with Gasteiger partial charge in [0.25, 0.3) is 0 Å². The smallest absolute Gasteiger partial charge is 0.354 e. The summed E-state index contributed by atoms with van der Waals surface area (Å²) in [5.74, 6) is -0.654. The van der Waals surface area contributed by atoms with Crippen molar-refractivity contribution < 1.29 is 9.90 Å². The molecule has 0 saturated carbocycles. The van der Waals surface area contributed by atoms with Gasteiger partial charge in [-0.05, 0) is 23.8 Å². The Morgan fingerprint density at radius 3 is 3.00 bits per heavy atom. The summed E-state index contributed by atoms with van der Waals surface area (Å²) < 4.78 is 0. The third-order valence-electron chi connectivity index (χ3n) is 3.85. The molecule has 0 aliphatic rings. The molecule has 0 amide bonds. The largest absolute Gasteiger partial charge is 0.477 e. The maximum Gasteiger partial charge on any atom is 0.354 e. The number of hydrogen-bond donors (Lipinski definition) is 3. The molecular formula is C17H12ClN5O2. The molecule has 25 heavy (non-hydrogen) atoms. The summed E-state index contributed by atoms with van der Waals surface area (Å²) in [5.41, 5.74) is 2.14. The van der Waals surface area contributed by atoms with Gasteiger partial charge in [0.05, 0.1) is 10.9 Å². The number of rotatable bonds is 4. The number of nitrogens with one attached hydrogen (secondary N) is 2. The molecule has 0 atom stereocenters. The van der Waals surface area contributed by atoms with E-state index >= 15 is 0 Å². The van der Waals surface area contributed by atoms with Crippen molar-refractivity contribution in [3.63, 3.8) is 0 Å². The van der Waals surface area contributed by atoms with Gasteiger partial charge >= 0.3 is 5.97 Å². The third-order valence-corrected chi connectivity index (χ3v) is 4.09. The molecule has 0 unspecified atom stereocenters. The van der Waals surface area contributed by atoms with Gasteiger partial charge in [-0.1, -0.05) is 23.7 Å². The van der Waals surface area contributed by atoms with Crippen LogP contribution in [-0.4, -0.2) is 31.2 Å². The van der Waals surface area contributed by atoms with Crippen LogP contribution in [-0.2, 0) is 6.54 Å². The first kappa shape index (κ1) is 15.3. The average molecular weight is 354 g/mol. The van der Waals surface area contributed by atoms with Crippen molar-refractivity contribution in [2.45, 2.75) is 6.54 Å². The summed E-state index contributed by atoms with van der Waals surface area (Å²) in [4.78, 5) is 20.1. The van der Waals surface area contributed by atoms with Gasteiger partial charge < -0.3 is 10.4 Å². The molecule has 8 heteroatoms. The molecule has 3 aromatic heterocycles. The normalized spacial score (nSPS) is 11.1. The molecule has 0 fully saturated rings. The molecule has 4 rings (SSSR count). The van der Waals surface area contributed by atoms with Gasteiger partial charge in [-0.2, -0.15) is 5.10 Å². The molecule has 3 N–H and O–H groups in total. The summed E-state index contributed by atoms with van der Waals surface area (Å²) in [6.07, 6.45) is 3.25. The number of aromatic amines is 1. The first-order chi connectivity index (χ1) is 12.1. The number of H-pyrrole nitrogens is 1. The van der Waals surface area contributed by atoms with E-state index in [1.807, 2.05) is 18.2 Å². The van der Waals surface area contributed by atoms with Crippen LogP contribution in [0.4, 0.5) is 5.82 Å². The molecule has 7 nitrogen and oxygen atoms in total. The lowest BCUT2D eigenvalue weighted by molar-refractivity contribution is 0.0692. The molecule has 4 aromatic rings. The molecule has 1 aromatic carbocycles. The van der Waals surface area contributed by atoms with Gasteiger partial charge in [-0.15, -0.1) is 0 Å². The highest BCUT2D eigenvalue weighted by Crippen LogP contribution is 2.30. The maximum absolute atomic E-state index is 11.5. The molecule has 0 aliphatic heterocycles.